The van der Waals surface area contributed by atoms with Crippen molar-refractivity contribution in [3.05, 3.63) is 38.8 Å². The third kappa shape index (κ3) is 6.32. The largest absolute Gasteiger partial charge is 0.483 e. The molecule has 2 rings (SSSR count). The van der Waals surface area contributed by atoms with E-state index in [9.17, 15) is 9.59 Å². The second-order valence-corrected chi connectivity index (χ2v) is 7.97. The Morgan fingerprint density at radius 2 is 2.07 bits per heavy atom. The summed E-state index contributed by atoms with van der Waals surface area (Å²) < 4.78 is 11.6. The molecule has 0 aliphatic carbocycles. The molecule has 0 unspecified atom stereocenters. The van der Waals surface area contributed by atoms with Crippen molar-refractivity contribution in [2.75, 3.05) is 18.5 Å². The number of hydrogen-bond acceptors (Lipinski definition) is 6. The first-order valence-electron chi connectivity index (χ1n) is 8.62. The zero-order valence-corrected chi connectivity index (χ0v) is 18.2. The van der Waals surface area contributed by atoms with E-state index in [2.05, 4.69) is 40.1 Å². The normalized spacial score (nSPS) is 10.7. The molecule has 1 aromatic carbocycles. The molecule has 1 amide bonds. The minimum atomic E-state index is -0.337. The smallest absolute Gasteiger partial charge is 0.311 e. The summed E-state index contributed by atoms with van der Waals surface area (Å²) >= 11 is 4.79. The quantitative estimate of drug-likeness (QED) is 0.595. The van der Waals surface area contributed by atoms with E-state index in [0.717, 1.165) is 15.6 Å². The Morgan fingerprint density at radius 1 is 1.33 bits per heavy atom. The van der Waals surface area contributed by atoms with Gasteiger partial charge in [0.1, 0.15) is 5.75 Å². The first-order chi connectivity index (χ1) is 12.8. The van der Waals surface area contributed by atoms with Crippen molar-refractivity contribution >= 4 is 44.3 Å². The topological polar surface area (TPSA) is 77.5 Å². The van der Waals surface area contributed by atoms with Crippen LogP contribution in [0.2, 0.25) is 0 Å². The molecule has 0 aliphatic rings. The SMILES string of the molecule is CCOC(=O)Cc1csc(NC(=O)COc2cc(C)c(Br)cc2C(C)C)n1. The molecule has 0 saturated heterocycles. The van der Waals surface area contributed by atoms with Crippen LogP contribution in [0.3, 0.4) is 0 Å². The zero-order chi connectivity index (χ0) is 20.0. The summed E-state index contributed by atoms with van der Waals surface area (Å²) in [5.74, 6) is 0.325. The standard InChI is InChI=1S/C19H23BrN2O4S/c1-5-25-18(24)7-13-10-27-19(21-13)22-17(23)9-26-16-6-12(4)15(20)8-14(16)11(2)3/h6,8,10-11H,5,7,9H2,1-4H3,(H,21,22,23). The molecule has 146 valence electrons. The zero-order valence-electron chi connectivity index (χ0n) is 15.8. The molecule has 0 bridgehead atoms. The molecule has 1 heterocycles. The van der Waals surface area contributed by atoms with Crippen LogP contribution in [0, 0.1) is 6.92 Å². The summed E-state index contributed by atoms with van der Waals surface area (Å²) in [5, 5.41) is 4.85. The van der Waals surface area contributed by atoms with Gasteiger partial charge in [-0.2, -0.15) is 0 Å². The van der Waals surface area contributed by atoms with Crippen LogP contribution in [0.15, 0.2) is 22.0 Å². The summed E-state index contributed by atoms with van der Waals surface area (Å²) in [5.41, 5.74) is 2.64. The number of rotatable bonds is 8. The lowest BCUT2D eigenvalue weighted by Crippen LogP contribution is -2.20. The Labute approximate surface area is 171 Å². The van der Waals surface area contributed by atoms with Crippen LogP contribution in [0.5, 0.6) is 5.75 Å². The highest BCUT2D eigenvalue weighted by Crippen LogP contribution is 2.32. The van der Waals surface area contributed by atoms with Gasteiger partial charge in [0, 0.05) is 9.85 Å². The fourth-order valence-corrected chi connectivity index (χ4v) is 3.44. The van der Waals surface area contributed by atoms with Crippen molar-refractivity contribution < 1.29 is 19.1 Å². The molecule has 6 nitrogen and oxygen atoms in total. The number of nitrogens with zero attached hydrogens (tertiary/aromatic N) is 1. The van der Waals surface area contributed by atoms with Crippen LogP contribution in [0.4, 0.5) is 5.13 Å². The highest BCUT2D eigenvalue weighted by atomic mass is 79.9. The lowest BCUT2D eigenvalue weighted by atomic mass is 10.0. The van der Waals surface area contributed by atoms with Gasteiger partial charge in [-0.3, -0.25) is 14.9 Å². The van der Waals surface area contributed by atoms with Crippen molar-refractivity contribution in [3.8, 4) is 5.75 Å². The average molecular weight is 455 g/mol. The van der Waals surface area contributed by atoms with Crippen LogP contribution >= 0.6 is 27.3 Å². The summed E-state index contributed by atoms with van der Waals surface area (Å²) in [4.78, 5) is 27.9. The van der Waals surface area contributed by atoms with Gasteiger partial charge in [-0.25, -0.2) is 4.98 Å². The number of aryl methyl sites for hydroxylation is 1. The van der Waals surface area contributed by atoms with Gasteiger partial charge in [0.15, 0.2) is 11.7 Å². The predicted octanol–water partition coefficient (Wildman–Crippen LogP) is 4.46. The molecule has 0 saturated carbocycles. The van der Waals surface area contributed by atoms with E-state index < -0.39 is 0 Å². The maximum atomic E-state index is 12.2. The van der Waals surface area contributed by atoms with Gasteiger partial charge < -0.3 is 9.47 Å². The summed E-state index contributed by atoms with van der Waals surface area (Å²) in [6.07, 6.45) is 0.0899. The van der Waals surface area contributed by atoms with E-state index >= 15 is 0 Å². The molecule has 0 spiro atoms. The van der Waals surface area contributed by atoms with Gasteiger partial charge in [-0.05, 0) is 43.0 Å². The van der Waals surface area contributed by atoms with Crippen LogP contribution in [0.25, 0.3) is 0 Å². The highest BCUT2D eigenvalue weighted by Gasteiger charge is 2.14. The van der Waals surface area contributed by atoms with Crippen LogP contribution in [-0.2, 0) is 20.7 Å². The Hall–Kier alpha value is -1.93. The number of thiazole rings is 1. The third-order valence-electron chi connectivity index (χ3n) is 3.70. The Morgan fingerprint density at radius 3 is 2.74 bits per heavy atom. The molecule has 27 heavy (non-hydrogen) atoms. The molecule has 2 aromatic rings. The van der Waals surface area contributed by atoms with E-state index in [0.29, 0.717) is 23.2 Å². The summed E-state index contributed by atoms with van der Waals surface area (Å²) in [6.45, 7) is 8.09. The maximum Gasteiger partial charge on any atom is 0.311 e. The number of benzene rings is 1. The van der Waals surface area contributed by atoms with Crippen LogP contribution in [0.1, 0.15) is 43.5 Å². The lowest BCUT2D eigenvalue weighted by Gasteiger charge is -2.15. The summed E-state index contributed by atoms with van der Waals surface area (Å²) in [6, 6.07) is 3.95. The monoisotopic (exact) mass is 454 g/mol. The molecule has 1 aromatic heterocycles. The molecule has 0 aliphatic heterocycles. The van der Waals surface area contributed by atoms with Gasteiger partial charge >= 0.3 is 5.97 Å². The number of halogens is 1. The second kappa shape index (κ2) is 9.85. The molecule has 8 heteroatoms. The van der Waals surface area contributed by atoms with Crippen molar-refractivity contribution in [3.63, 3.8) is 0 Å². The minimum Gasteiger partial charge on any atom is -0.483 e. The van der Waals surface area contributed by atoms with E-state index in [-0.39, 0.29) is 30.8 Å². The molecule has 1 N–H and O–H groups in total. The van der Waals surface area contributed by atoms with Gasteiger partial charge in [0.05, 0.1) is 18.7 Å². The molecule has 0 radical (unpaired) electrons. The second-order valence-electron chi connectivity index (χ2n) is 6.26. The van der Waals surface area contributed by atoms with E-state index in [1.807, 2.05) is 19.1 Å². The number of carbonyl (C=O) groups excluding carboxylic acids is 2. The number of esters is 1. The number of anilines is 1. The molecule has 0 atom stereocenters. The molecule has 0 fully saturated rings. The van der Waals surface area contributed by atoms with Crippen molar-refractivity contribution in [1.29, 1.82) is 0 Å². The predicted molar refractivity (Wildman–Crippen MR) is 110 cm³/mol. The van der Waals surface area contributed by atoms with Crippen LogP contribution in [-0.4, -0.2) is 30.1 Å². The Bertz CT molecular complexity index is 820. The van der Waals surface area contributed by atoms with Gasteiger partial charge in [0.2, 0.25) is 0 Å². The number of carbonyl (C=O) groups is 2. The number of amides is 1. The first-order valence-corrected chi connectivity index (χ1v) is 10.3. The number of nitrogens with one attached hydrogen (secondary N) is 1. The van der Waals surface area contributed by atoms with Crippen molar-refractivity contribution in [2.24, 2.45) is 0 Å². The van der Waals surface area contributed by atoms with Crippen LogP contribution < -0.4 is 10.1 Å². The highest BCUT2D eigenvalue weighted by molar-refractivity contribution is 9.10. The minimum absolute atomic E-state index is 0.0899. The van der Waals surface area contributed by atoms with Gasteiger partial charge in [0.25, 0.3) is 5.91 Å². The van der Waals surface area contributed by atoms with E-state index in [1.165, 1.54) is 11.3 Å². The maximum absolute atomic E-state index is 12.2. The van der Waals surface area contributed by atoms with E-state index in [4.69, 9.17) is 9.47 Å². The average Bonchev–Trinajstić information content (AvgIpc) is 3.02. The number of hydrogen-bond donors (Lipinski definition) is 1. The van der Waals surface area contributed by atoms with Gasteiger partial charge in [-0.1, -0.05) is 29.8 Å². The molecular weight excluding hydrogens is 432 g/mol. The Kier molecular flexibility index (Phi) is 7.79. The fourth-order valence-electron chi connectivity index (χ4n) is 2.35. The number of aromatic nitrogens is 1. The Balaban J connectivity index is 1.94. The fraction of sp³-hybridized carbons (Fsp3) is 0.421. The van der Waals surface area contributed by atoms with Gasteiger partial charge in [-0.15, -0.1) is 11.3 Å². The van der Waals surface area contributed by atoms with Crippen molar-refractivity contribution in [2.45, 2.75) is 40.0 Å². The third-order valence-corrected chi connectivity index (χ3v) is 5.36. The van der Waals surface area contributed by atoms with Crippen molar-refractivity contribution in [1.82, 2.24) is 4.98 Å². The number of ether oxygens (including phenoxy) is 2. The van der Waals surface area contributed by atoms with E-state index in [1.54, 1.807) is 12.3 Å². The summed E-state index contributed by atoms with van der Waals surface area (Å²) in [7, 11) is 0. The first kappa shape index (κ1) is 21.4. The molecular formula is C19H23BrN2O4S. The lowest BCUT2D eigenvalue weighted by molar-refractivity contribution is -0.142.